The van der Waals surface area contributed by atoms with Crippen LogP contribution in [0.2, 0.25) is 5.02 Å². The molecule has 0 saturated heterocycles. The molecule has 0 aliphatic carbocycles. The number of anilines is 2. The highest BCUT2D eigenvalue weighted by Crippen LogP contribution is 2.39. The molecule has 33 heavy (non-hydrogen) atoms. The Morgan fingerprint density at radius 2 is 1.82 bits per heavy atom. The number of imidazole rings is 1. The summed E-state index contributed by atoms with van der Waals surface area (Å²) in [4.78, 5) is 18.3. The third-order valence-corrected chi connectivity index (χ3v) is 5.94. The lowest BCUT2D eigenvalue weighted by Gasteiger charge is -2.30. The Bertz CT molecular complexity index is 1360. The zero-order valence-corrected chi connectivity index (χ0v) is 19.1. The first-order chi connectivity index (χ1) is 16.0. The van der Waals surface area contributed by atoms with Gasteiger partial charge in [-0.15, -0.1) is 0 Å². The number of hydrogen-bond donors (Lipinski definition) is 2. The van der Waals surface area contributed by atoms with Crippen molar-refractivity contribution in [2.45, 2.75) is 19.9 Å². The molecule has 4 aromatic rings. The molecule has 0 saturated carbocycles. The molecule has 2 heterocycles. The van der Waals surface area contributed by atoms with E-state index < -0.39 is 0 Å². The Kier molecular flexibility index (Phi) is 5.52. The topological polar surface area (TPSA) is 68.2 Å². The summed E-state index contributed by atoms with van der Waals surface area (Å²) in [6, 6.07) is 22.5. The van der Waals surface area contributed by atoms with E-state index in [2.05, 4.69) is 15.2 Å². The van der Waals surface area contributed by atoms with Gasteiger partial charge < -0.3 is 15.4 Å². The summed E-state index contributed by atoms with van der Waals surface area (Å²) in [6.45, 7) is 4.45. The SMILES string of the molecule is CCOc1ccc([C@@H]2C(C(=O)Nc3ccc(Cl)cc3)=C(C)Nc3nc4ccccc4n32)cc1. The Morgan fingerprint density at radius 1 is 1.09 bits per heavy atom. The van der Waals surface area contributed by atoms with Crippen molar-refractivity contribution in [3.05, 3.63) is 94.7 Å². The number of para-hydroxylation sites is 2. The molecule has 6 nitrogen and oxygen atoms in total. The summed E-state index contributed by atoms with van der Waals surface area (Å²) in [5, 5.41) is 6.96. The fourth-order valence-electron chi connectivity index (χ4n) is 4.22. The van der Waals surface area contributed by atoms with Gasteiger partial charge in [0.1, 0.15) is 5.75 Å². The van der Waals surface area contributed by atoms with E-state index >= 15 is 0 Å². The lowest BCUT2D eigenvalue weighted by atomic mass is 9.94. The largest absolute Gasteiger partial charge is 0.494 e. The fourth-order valence-corrected chi connectivity index (χ4v) is 4.34. The first-order valence-electron chi connectivity index (χ1n) is 10.8. The summed E-state index contributed by atoms with van der Waals surface area (Å²) in [7, 11) is 0. The molecule has 0 radical (unpaired) electrons. The molecular formula is C26H23ClN4O2. The molecule has 0 spiro atoms. The van der Waals surface area contributed by atoms with E-state index in [0.29, 0.717) is 28.8 Å². The summed E-state index contributed by atoms with van der Waals surface area (Å²) in [5.41, 5.74) is 4.82. The van der Waals surface area contributed by atoms with Gasteiger partial charge >= 0.3 is 0 Å². The summed E-state index contributed by atoms with van der Waals surface area (Å²) >= 11 is 6.01. The number of amides is 1. The van der Waals surface area contributed by atoms with Gasteiger partial charge in [0.2, 0.25) is 5.95 Å². The Hall–Kier alpha value is -3.77. The Labute approximate surface area is 196 Å². The van der Waals surface area contributed by atoms with E-state index in [9.17, 15) is 4.79 Å². The van der Waals surface area contributed by atoms with Crippen LogP contribution in [0.3, 0.4) is 0 Å². The van der Waals surface area contributed by atoms with E-state index in [1.807, 2.05) is 62.4 Å². The predicted octanol–water partition coefficient (Wildman–Crippen LogP) is 6.02. The van der Waals surface area contributed by atoms with Gasteiger partial charge in [-0.05, 0) is 67.9 Å². The van der Waals surface area contributed by atoms with Crippen molar-refractivity contribution in [1.29, 1.82) is 0 Å². The van der Waals surface area contributed by atoms with Crippen LogP contribution in [0.15, 0.2) is 84.1 Å². The lowest BCUT2D eigenvalue weighted by molar-refractivity contribution is -0.113. The van der Waals surface area contributed by atoms with Crippen LogP contribution >= 0.6 is 11.6 Å². The average molecular weight is 459 g/mol. The first-order valence-corrected chi connectivity index (χ1v) is 11.2. The number of rotatable bonds is 5. The van der Waals surface area contributed by atoms with Gasteiger partial charge in [-0.25, -0.2) is 4.98 Å². The third-order valence-electron chi connectivity index (χ3n) is 5.68. The van der Waals surface area contributed by atoms with E-state index in [-0.39, 0.29) is 11.9 Å². The van der Waals surface area contributed by atoms with E-state index in [1.165, 1.54) is 0 Å². The highest BCUT2D eigenvalue weighted by molar-refractivity contribution is 6.30. The van der Waals surface area contributed by atoms with Crippen LogP contribution in [-0.4, -0.2) is 22.1 Å². The number of carbonyl (C=O) groups is 1. The minimum Gasteiger partial charge on any atom is -0.494 e. The van der Waals surface area contributed by atoms with Gasteiger partial charge in [-0.1, -0.05) is 35.9 Å². The molecule has 2 N–H and O–H groups in total. The number of ether oxygens (including phenoxy) is 1. The van der Waals surface area contributed by atoms with Gasteiger partial charge in [0.05, 0.1) is 29.3 Å². The highest BCUT2D eigenvalue weighted by Gasteiger charge is 2.34. The van der Waals surface area contributed by atoms with Crippen molar-refractivity contribution in [1.82, 2.24) is 9.55 Å². The lowest BCUT2D eigenvalue weighted by Crippen LogP contribution is -2.30. The Balaban J connectivity index is 1.62. The molecular weight excluding hydrogens is 436 g/mol. The third kappa shape index (κ3) is 3.94. The zero-order valence-electron chi connectivity index (χ0n) is 18.3. The number of halogens is 1. The molecule has 0 unspecified atom stereocenters. The summed E-state index contributed by atoms with van der Waals surface area (Å²) in [6.07, 6.45) is 0. The van der Waals surface area contributed by atoms with Crippen molar-refractivity contribution in [2.24, 2.45) is 0 Å². The van der Waals surface area contributed by atoms with Crippen molar-refractivity contribution in [3.63, 3.8) is 0 Å². The molecule has 1 aromatic heterocycles. The van der Waals surface area contributed by atoms with Gasteiger partial charge in [-0.2, -0.15) is 0 Å². The van der Waals surface area contributed by atoms with Crippen LogP contribution in [0, 0.1) is 0 Å². The van der Waals surface area contributed by atoms with Crippen LogP contribution in [0.1, 0.15) is 25.5 Å². The van der Waals surface area contributed by atoms with Crippen molar-refractivity contribution < 1.29 is 9.53 Å². The number of benzene rings is 3. The number of fused-ring (bicyclic) bond motifs is 3. The Morgan fingerprint density at radius 3 is 2.55 bits per heavy atom. The molecule has 1 amide bonds. The van der Waals surface area contributed by atoms with Crippen LogP contribution in [-0.2, 0) is 4.79 Å². The molecule has 1 aliphatic heterocycles. The fraction of sp³-hybridized carbons (Fsp3) is 0.154. The molecule has 3 aromatic carbocycles. The zero-order chi connectivity index (χ0) is 22.9. The number of carbonyl (C=O) groups excluding carboxylic acids is 1. The van der Waals surface area contributed by atoms with Crippen LogP contribution < -0.4 is 15.4 Å². The smallest absolute Gasteiger partial charge is 0.255 e. The molecule has 5 rings (SSSR count). The van der Waals surface area contributed by atoms with E-state index in [0.717, 1.165) is 28.0 Å². The van der Waals surface area contributed by atoms with Crippen molar-refractivity contribution in [3.8, 4) is 5.75 Å². The maximum atomic E-state index is 13.6. The maximum absolute atomic E-state index is 13.6. The molecule has 1 atom stereocenters. The van der Waals surface area contributed by atoms with Gasteiger partial charge in [0.15, 0.2) is 0 Å². The standard InChI is InChI=1S/C26H23ClN4O2/c1-3-33-20-14-8-17(9-15-20)24-23(25(32)29-19-12-10-18(27)11-13-19)16(2)28-26-30-21-6-4-5-7-22(21)31(24)26/h4-15,24H,3H2,1-2H3,(H,28,30)(H,29,32)/t24-/m1/s1. The molecule has 0 fully saturated rings. The number of aromatic nitrogens is 2. The summed E-state index contributed by atoms with van der Waals surface area (Å²) in [5.74, 6) is 1.30. The second kappa shape index (κ2) is 8.64. The second-order valence-corrected chi connectivity index (χ2v) is 8.26. The monoisotopic (exact) mass is 458 g/mol. The number of nitrogens with one attached hydrogen (secondary N) is 2. The predicted molar refractivity (Wildman–Crippen MR) is 132 cm³/mol. The maximum Gasteiger partial charge on any atom is 0.255 e. The number of allylic oxidation sites excluding steroid dienone is 1. The van der Waals surface area contributed by atoms with E-state index in [4.69, 9.17) is 21.3 Å². The van der Waals surface area contributed by atoms with Crippen LogP contribution in [0.5, 0.6) is 5.75 Å². The molecule has 0 bridgehead atoms. The van der Waals surface area contributed by atoms with Crippen molar-refractivity contribution >= 4 is 40.2 Å². The first kappa shape index (κ1) is 21.1. The van der Waals surface area contributed by atoms with Gasteiger partial charge in [0.25, 0.3) is 5.91 Å². The number of nitrogens with zero attached hydrogens (tertiary/aromatic N) is 2. The van der Waals surface area contributed by atoms with Gasteiger partial charge in [-0.3, -0.25) is 9.36 Å². The second-order valence-electron chi connectivity index (χ2n) is 7.82. The molecule has 166 valence electrons. The number of hydrogen-bond acceptors (Lipinski definition) is 4. The average Bonchev–Trinajstić information content (AvgIpc) is 3.18. The van der Waals surface area contributed by atoms with E-state index in [1.54, 1.807) is 24.3 Å². The van der Waals surface area contributed by atoms with Crippen molar-refractivity contribution in [2.75, 3.05) is 17.2 Å². The minimum atomic E-state index is -0.364. The minimum absolute atomic E-state index is 0.190. The quantitative estimate of drug-likeness (QED) is 0.384. The molecule has 1 aliphatic rings. The van der Waals surface area contributed by atoms with Crippen LogP contribution in [0.4, 0.5) is 11.6 Å². The summed E-state index contributed by atoms with van der Waals surface area (Å²) < 4.78 is 7.70. The molecule has 7 heteroatoms. The van der Waals surface area contributed by atoms with Gasteiger partial charge in [0, 0.05) is 16.4 Å². The highest BCUT2D eigenvalue weighted by atomic mass is 35.5. The normalized spacial score (nSPS) is 15.2. The van der Waals surface area contributed by atoms with Crippen LogP contribution in [0.25, 0.3) is 11.0 Å².